The summed E-state index contributed by atoms with van der Waals surface area (Å²) in [6.45, 7) is 3.82. The van der Waals surface area contributed by atoms with Crippen LogP contribution in [0.1, 0.15) is 21.7 Å². The molecule has 0 atom stereocenters. The minimum absolute atomic E-state index is 0.159. The number of benzene rings is 2. The summed E-state index contributed by atoms with van der Waals surface area (Å²) in [6, 6.07) is 10.6. The third-order valence-corrected chi connectivity index (χ3v) is 3.58. The molecule has 0 spiro atoms. The van der Waals surface area contributed by atoms with Crippen LogP contribution in [0, 0.1) is 19.7 Å². The third kappa shape index (κ3) is 2.99. The number of fused-ring (bicyclic) bond motifs is 1. The molecule has 3 aromatic rings. The molecule has 0 unspecified atom stereocenters. The highest BCUT2D eigenvalue weighted by Crippen LogP contribution is 2.18. The Labute approximate surface area is 131 Å². The first-order chi connectivity index (χ1) is 10.9. The van der Waals surface area contributed by atoms with Crippen molar-refractivity contribution in [2.24, 2.45) is 0 Å². The SMILES string of the molecule is Cc1ccc(NC(=O)c2cc3cc(F)ccc3c(=O)o2)c(C)c1. The first kappa shape index (κ1) is 15.0. The van der Waals surface area contributed by atoms with E-state index in [2.05, 4.69) is 5.32 Å². The predicted molar refractivity (Wildman–Crippen MR) is 86.3 cm³/mol. The molecule has 1 aromatic heterocycles. The minimum Gasteiger partial charge on any atom is -0.417 e. The van der Waals surface area contributed by atoms with E-state index in [4.69, 9.17) is 4.42 Å². The van der Waals surface area contributed by atoms with Gasteiger partial charge in [-0.3, -0.25) is 4.79 Å². The fourth-order valence-corrected chi connectivity index (χ4v) is 2.41. The molecule has 23 heavy (non-hydrogen) atoms. The quantitative estimate of drug-likeness (QED) is 0.783. The Morgan fingerprint density at radius 2 is 1.87 bits per heavy atom. The van der Waals surface area contributed by atoms with Crippen molar-refractivity contribution in [2.75, 3.05) is 5.32 Å². The smallest absolute Gasteiger partial charge is 0.344 e. The zero-order valence-corrected chi connectivity index (χ0v) is 12.6. The van der Waals surface area contributed by atoms with Gasteiger partial charge in [-0.2, -0.15) is 0 Å². The van der Waals surface area contributed by atoms with Gasteiger partial charge < -0.3 is 9.73 Å². The minimum atomic E-state index is -0.673. The molecule has 1 N–H and O–H groups in total. The van der Waals surface area contributed by atoms with Gasteiger partial charge in [-0.25, -0.2) is 9.18 Å². The van der Waals surface area contributed by atoms with Crippen molar-refractivity contribution >= 4 is 22.4 Å². The number of rotatable bonds is 2. The molecule has 4 nitrogen and oxygen atoms in total. The van der Waals surface area contributed by atoms with Crippen molar-refractivity contribution < 1.29 is 13.6 Å². The molecule has 0 aliphatic rings. The summed E-state index contributed by atoms with van der Waals surface area (Å²) in [5.74, 6) is -1.20. The average molecular weight is 311 g/mol. The third-order valence-electron chi connectivity index (χ3n) is 3.58. The van der Waals surface area contributed by atoms with Crippen LogP contribution in [0.15, 0.2) is 51.7 Å². The molecule has 0 aliphatic carbocycles. The van der Waals surface area contributed by atoms with E-state index in [1.165, 1.54) is 24.3 Å². The number of nitrogens with one attached hydrogen (secondary N) is 1. The molecule has 0 bridgehead atoms. The number of hydrogen-bond donors (Lipinski definition) is 1. The molecule has 1 heterocycles. The molecule has 3 rings (SSSR count). The number of amides is 1. The Morgan fingerprint density at radius 1 is 1.09 bits per heavy atom. The maximum Gasteiger partial charge on any atom is 0.344 e. The standard InChI is InChI=1S/C18H14FNO3/c1-10-3-6-15(11(2)7-10)20-17(21)16-9-12-8-13(19)4-5-14(12)18(22)23-16/h3-9H,1-2H3,(H,20,21). The summed E-state index contributed by atoms with van der Waals surface area (Å²) in [5, 5.41) is 3.25. The number of carbonyl (C=O) groups excluding carboxylic acids is 1. The lowest BCUT2D eigenvalue weighted by Gasteiger charge is -2.09. The van der Waals surface area contributed by atoms with Crippen LogP contribution < -0.4 is 10.9 Å². The Kier molecular flexibility index (Phi) is 3.70. The van der Waals surface area contributed by atoms with Crippen LogP contribution in [0.25, 0.3) is 10.8 Å². The van der Waals surface area contributed by atoms with Gasteiger partial charge in [-0.1, -0.05) is 17.7 Å². The number of aryl methyl sites for hydroxylation is 2. The van der Waals surface area contributed by atoms with Crippen LogP contribution in [-0.2, 0) is 0 Å². The number of hydrogen-bond acceptors (Lipinski definition) is 3. The van der Waals surface area contributed by atoms with E-state index in [9.17, 15) is 14.0 Å². The number of anilines is 1. The molecule has 0 radical (unpaired) electrons. The van der Waals surface area contributed by atoms with Gasteiger partial charge >= 0.3 is 5.63 Å². The van der Waals surface area contributed by atoms with E-state index in [-0.39, 0.29) is 11.1 Å². The zero-order valence-electron chi connectivity index (χ0n) is 12.6. The molecule has 0 aliphatic heterocycles. The van der Waals surface area contributed by atoms with Crippen LogP contribution >= 0.6 is 0 Å². The molecule has 116 valence electrons. The lowest BCUT2D eigenvalue weighted by Crippen LogP contribution is -2.15. The highest BCUT2D eigenvalue weighted by molar-refractivity contribution is 6.04. The van der Waals surface area contributed by atoms with Gasteiger partial charge in [0.25, 0.3) is 5.91 Å². The van der Waals surface area contributed by atoms with Crippen molar-refractivity contribution in [3.63, 3.8) is 0 Å². The lowest BCUT2D eigenvalue weighted by molar-refractivity contribution is 0.0993. The second-order valence-corrected chi connectivity index (χ2v) is 5.40. The van der Waals surface area contributed by atoms with E-state index < -0.39 is 17.3 Å². The van der Waals surface area contributed by atoms with E-state index in [0.717, 1.165) is 11.1 Å². The van der Waals surface area contributed by atoms with Crippen LogP contribution in [0.3, 0.4) is 0 Å². The van der Waals surface area contributed by atoms with Gasteiger partial charge in [0.15, 0.2) is 5.76 Å². The van der Waals surface area contributed by atoms with Crippen molar-refractivity contribution in [3.8, 4) is 0 Å². The second kappa shape index (κ2) is 5.68. The number of halogens is 1. The van der Waals surface area contributed by atoms with Crippen molar-refractivity contribution in [1.29, 1.82) is 0 Å². The van der Waals surface area contributed by atoms with Crippen molar-refractivity contribution in [2.45, 2.75) is 13.8 Å². The largest absolute Gasteiger partial charge is 0.417 e. The first-order valence-electron chi connectivity index (χ1n) is 7.06. The van der Waals surface area contributed by atoms with Crippen molar-refractivity contribution in [3.05, 3.63) is 75.6 Å². The van der Waals surface area contributed by atoms with Crippen LogP contribution in [0.5, 0.6) is 0 Å². The Bertz CT molecular complexity index is 976. The lowest BCUT2D eigenvalue weighted by atomic mass is 10.1. The van der Waals surface area contributed by atoms with Crippen LogP contribution in [0.2, 0.25) is 0 Å². The maximum absolute atomic E-state index is 13.3. The second-order valence-electron chi connectivity index (χ2n) is 5.40. The Morgan fingerprint density at radius 3 is 2.61 bits per heavy atom. The summed E-state index contributed by atoms with van der Waals surface area (Å²) in [7, 11) is 0. The zero-order chi connectivity index (χ0) is 16.6. The normalized spacial score (nSPS) is 10.7. The van der Waals surface area contributed by atoms with Crippen LogP contribution in [-0.4, -0.2) is 5.91 Å². The van der Waals surface area contributed by atoms with Gasteiger partial charge in [-0.05, 0) is 55.1 Å². The topological polar surface area (TPSA) is 59.3 Å². The number of carbonyl (C=O) groups is 1. The van der Waals surface area contributed by atoms with Gasteiger partial charge in [0, 0.05) is 5.69 Å². The van der Waals surface area contributed by atoms with Crippen LogP contribution in [0.4, 0.5) is 10.1 Å². The summed E-state index contributed by atoms with van der Waals surface area (Å²) < 4.78 is 18.3. The van der Waals surface area contributed by atoms with E-state index >= 15 is 0 Å². The highest BCUT2D eigenvalue weighted by Gasteiger charge is 2.14. The molecule has 0 fully saturated rings. The van der Waals surface area contributed by atoms with E-state index in [1.54, 1.807) is 6.07 Å². The fourth-order valence-electron chi connectivity index (χ4n) is 2.41. The summed E-state index contributed by atoms with van der Waals surface area (Å²) >= 11 is 0. The van der Waals surface area contributed by atoms with E-state index in [1.807, 2.05) is 26.0 Å². The van der Waals surface area contributed by atoms with Gasteiger partial charge in [0.2, 0.25) is 0 Å². The molecule has 1 amide bonds. The first-order valence-corrected chi connectivity index (χ1v) is 7.06. The fraction of sp³-hybridized carbons (Fsp3) is 0.111. The predicted octanol–water partition coefficient (Wildman–Crippen LogP) is 3.80. The van der Waals surface area contributed by atoms with Gasteiger partial charge in [0.1, 0.15) is 5.82 Å². The van der Waals surface area contributed by atoms with Gasteiger partial charge in [-0.15, -0.1) is 0 Å². The molecule has 0 saturated heterocycles. The molecular weight excluding hydrogens is 297 g/mol. The Balaban J connectivity index is 1.99. The molecule has 2 aromatic carbocycles. The summed E-state index contributed by atoms with van der Waals surface area (Å²) in [6.07, 6.45) is 0. The molecular formula is C18H14FNO3. The average Bonchev–Trinajstić information content (AvgIpc) is 2.49. The maximum atomic E-state index is 13.3. The highest BCUT2D eigenvalue weighted by atomic mass is 19.1. The summed E-state index contributed by atoms with van der Waals surface area (Å²) in [5.41, 5.74) is 1.93. The van der Waals surface area contributed by atoms with Crippen molar-refractivity contribution in [1.82, 2.24) is 0 Å². The molecule has 5 heteroatoms. The summed E-state index contributed by atoms with van der Waals surface area (Å²) in [4.78, 5) is 24.2. The molecule has 0 saturated carbocycles. The van der Waals surface area contributed by atoms with Gasteiger partial charge in [0.05, 0.1) is 5.39 Å². The Hall–Kier alpha value is -2.95. The monoisotopic (exact) mass is 311 g/mol. The van der Waals surface area contributed by atoms with E-state index in [0.29, 0.717) is 11.1 Å².